The van der Waals surface area contributed by atoms with E-state index in [4.69, 9.17) is 0 Å². The molecular weight excluding hydrogens is 286 g/mol. The first-order chi connectivity index (χ1) is 11.0. The minimum absolute atomic E-state index is 0.264. The van der Waals surface area contributed by atoms with Crippen LogP contribution in [-0.2, 0) is 0 Å². The molecule has 0 saturated heterocycles. The van der Waals surface area contributed by atoms with Gasteiger partial charge in [-0.2, -0.15) is 0 Å². The summed E-state index contributed by atoms with van der Waals surface area (Å²) in [6.07, 6.45) is 1.79. The lowest BCUT2D eigenvalue weighted by Gasteiger charge is -2.09. The molecule has 0 aliphatic carbocycles. The fraction of sp³-hybridized carbons (Fsp3) is 0.100. The van der Waals surface area contributed by atoms with Gasteiger partial charge in [0.15, 0.2) is 0 Å². The van der Waals surface area contributed by atoms with E-state index < -0.39 is 5.97 Å². The quantitative estimate of drug-likeness (QED) is 0.761. The van der Waals surface area contributed by atoms with Crippen molar-refractivity contribution in [2.24, 2.45) is 0 Å². The van der Waals surface area contributed by atoms with Crippen LogP contribution in [0.5, 0.6) is 0 Å². The third-order valence-corrected chi connectivity index (χ3v) is 3.77. The molecule has 114 valence electrons. The smallest absolute Gasteiger partial charge is 0.335 e. The van der Waals surface area contributed by atoms with E-state index >= 15 is 0 Å². The van der Waals surface area contributed by atoms with Crippen molar-refractivity contribution in [3.05, 3.63) is 77.5 Å². The molecule has 0 aliphatic rings. The maximum atomic E-state index is 11.5. The molecule has 1 heterocycles. The number of aromatic nitrogens is 1. The van der Waals surface area contributed by atoms with Gasteiger partial charge >= 0.3 is 5.97 Å². The van der Waals surface area contributed by atoms with Crippen LogP contribution in [0, 0.1) is 13.8 Å². The minimum Gasteiger partial charge on any atom is -0.478 e. The molecule has 0 saturated carbocycles. The summed E-state index contributed by atoms with van der Waals surface area (Å²) >= 11 is 0. The molecule has 3 nitrogen and oxygen atoms in total. The zero-order chi connectivity index (χ0) is 16.4. The second-order valence-electron chi connectivity index (χ2n) is 5.69. The first-order valence-corrected chi connectivity index (χ1v) is 7.41. The molecule has 2 aromatic carbocycles. The van der Waals surface area contributed by atoms with E-state index in [0.29, 0.717) is 0 Å². The average molecular weight is 303 g/mol. The van der Waals surface area contributed by atoms with Gasteiger partial charge in [-0.1, -0.05) is 35.9 Å². The first kappa shape index (κ1) is 15.0. The summed E-state index contributed by atoms with van der Waals surface area (Å²) in [7, 11) is 0. The molecule has 3 heteroatoms. The third kappa shape index (κ3) is 3.29. The predicted octanol–water partition coefficient (Wildman–Crippen LogP) is 4.73. The largest absolute Gasteiger partial charge is 0.478 e. The maximum Gasteiger partial charge on any atom is 0.335 e. The number of aromatic carboxylic acids is 1. The molecule has 0 aliphatic heterocycles. The highest BCUT2D eigenvalue weighted by molar-refractivity contribution is 5.91. The van der Waals surface area contributed by atoms with E-state index in [0.717, 1.165) is 27.9 Å². The lowest BCUT2D eigenvalue weighted by atomic mass is 9.97. The molecule has 23 heavy (non-hydrogen) atoms. The van der Waals surface area contributed by atoms with Crippen LogP contribution in [0.25, 0.3) is 22.4 Å². The topological polar surface area (TPSA) is 50.2 Å². The average Bonchev–Trinajstić information content (AvgIpc) is 2.55. The number of hydrogen-bond donors (Lipinski definition) is 1. The number of aryl methyl sites for hydroxylation is 2. The SMILES string of the molecule is Cc1ccc(-c2cc(C(=O)O)cc(-c3ccc(C)cn3)c2)cc1. The Bertz CT molecular complexity index is 786. The van der Waals surface area contributed by atoms with Crippen LogP contribution >= 0.6 is 0 Å². The Hall–Kier alpha value is -2.94. The zero-order valence-electron chi connectivity index (χ0n) is 13.1. The molecule has 0 radical (unpaired) electrons. The van der Waals surface area contributed by atoms with E-state index in [-0.39, 0.29) is 5.56 Å². The second-order valence-corrected chi connectivity index (χ2v) is 5.69. The molecule has 0 bridgehead atoms. The lowest BCUT2D eigenvalue weighted by molar-refractivity contribution is 0.0697. The van der Waals surface area contributed by atoms with Crippen LogP contribution in [0.2, 0.25) is 0 Å². The molecule has 0 atom stereocenters. The number of benzene rings is 2. The Morgan fingerprint density at radius 3 is 2.09 bits per heavy atom. The molecule has 3 rings (SSSR count). The van der Waals surface area contributed by atoms with Crippen molar-refractivity contribution in [3.8, 4) is 22.4 Å². The van der Waals surface area contributed by atoms with Gasteiger partial charge in [-0.25, -0.2) is 4.79 Å². The summed E-state index contributed by atoms with van der Waals surface area (Å²) in [4.78, 5) is 15.9. The molecule has 0 unspecified atom stereocenters. The van der Waals surface area contributed by atoms with Crippen LogP contribution in [0.3, 0.4) is 0 Å². The molecule has 1 aromatic heterocycles. The predicted molar refractivity (Wildman–Crippen MR) is 91.5 cm³/mol. The summed E-state index contributed by atoms with van der Waals surface area (Å²) in [6, 6.07) is 17.3. The van der Waals surface area contributed by atoms with E-state index in [9.17, 15) is 9.90 Å². The van der Waals surface area contributed by atoms with Crippen LogP contribution < -0.4 is 0 Å². The fourth-order valence-electron chi connectivity index (χ4n) is 2.45. The highest BCUT2D eigenvalue weighted by atomic mass is 16.4. The standard InChI is InChI=1S/C20H17NO2/c1-13-3-6-15(7-4-13)16-9-17(11-18(10-16)20(22)23)19-8-5-14(2)12-21-19/h3-12H,1-2H3,(H,22,23). The summed E-state index contributed by atoms with van der Waals surface area (Å²) in [5.74, 6) is -0.938. The number of carbonyl (C=O) groups is 1. The molecular formula is C20H17NO2. The van der Waals surface area contributed by atoms with Gasteiger partial charge in [-0.15, -0.1) is 0 Å². The summed E-state index contributed by atoms with van der Waals surface area (Å²) in [5.41, 5.74) is 5.95. The van der Waals surface area contributed by atoms with E-state index in [2.05, 4.69) is 4.98 Å². The van der Waals surface area contributed by atoms with Crippen molar-refractivity contribution in [2.45, 2.75) is 13.8 Å². The highest BCUT2D eigenvalue weighted by Gasteiger charge is 2.10. The summed E-state index contributed by atoms with van der Waals surface area (Å²) < 4.78 is 0. The number of carboxylic acid groups (broad SMARTS) is 1. The number of hydrogen-bond acceptors (Lipinski definition) is 2. The minimum atomic E-state index is -0.938. The number of pyridine rings is 1. The number of carboxylic acids is 1. The van der Waals surface area contributed by atoms with Crippen LogP contribution in [0.4, 0.5) is 0 Å². The van der Waals surface area contributed by atoms with Crippen molar-refractivity contribution >= 4 is 5.97 Å². The van der Waals surface area contributed by atoms with Crippen molar-refractivity contribution in [2.75, 3.05) is 0 Å². The van der Waals surface area contributed by atoms with Crippen molar-refractivity contribution in [3.63, 3.8) is 0 Å². The lowest BCUT2D eigenvalue weighted by Crippen LogP contribution is -1.98. The van der Waals surface area contributed by atoms with E-state index in [1.807, 2.05) is 56.3 Å². The van der Waals surface area contributed by atoms with Crippen LogP contribution in [0.15, 0.2) is 60.8 Å². The van der Waals surface area contributed by atoms with Gasteiger partial charge in [0.2, 0.25) is 0 Å². The maximum absolute atomic E-state index is 11.5. The van der Waals surface area contributed by atoms with Gasteiger partial charge in [0.05, 0.1) is 11.3 Å². The Morgan fingerprint density at radius 1 is 0.826 bits per heavy atom. The Kier molecular flexibility index (Phi) is 3.94. The van der Waals surface area contributed by atoms with Crippen molar-refractivity contribution in [1.29, 1.82) is 0 Å². The van der Waals surface area contributed by atoms with Crippen LogP contribution in [0.1, 0.15) is 21.5 Å². The summed E-state index contributed by atoms with van der Waals surface area (Å²) in [6.45, 7) is 4.00. The van der Waals surface area contributed by atoms with Gasteiger partial charge in [-0.3, -0.25) is 4.98 Å². The van der Waals surface area contributed by atoms with Crippen molar-refractivity contribution < 1.29 is 9.90 Å². The van der Waals surface area contributed by atoms with Gasteiger partial charge in [0, 0.05) is 11.8 Å². The fourth-order valence-corrected chi connectivity index (χ4v) is 2.45. The van der Waals surface area contributed by atoms with Gasteiger partial charge < -0.3 is 5.11 Å². The summed E-state index contributed by atoms with van der Waals surface area (Å²) in [5, 5.41) is 9.40. The Morgan fingerprint density at radius 2 is 1.48 bits per heavy atom. The van der Waals surface area contributed by atoms with E-state index in [1.165, 1.54) is 5.56 Å². The van der Waals surface area contributed by atoms with Crippen molar-refractivity contribution in [1.82, 2.24) is 4.98 Å². The highest BCUT2D eigenvalue weighted by Crippen LogP contribution is 2.28. The zero-order valence-corrected chi connectivity index (χ0v) is 13.1. The molecule has 0 spiro atoms. The third-order valence-electron chi connectivity index (χ3n) is 3.77. The first-order valence-electron chi connectivity index (χ1n) is 7.41. The normalized spacial score (nSPS) is 10.5. The Labute approximate surface area is 135 Å². The van der Waals surface area contributed by atoms with Gasteiger partial charge in [0.1, 0.15) is 0 Å². The second kappa shape index (κ2) is 6.05. The molecule has 0 fully saturated rings. The monoisotopic (exact) mass is 303 g/mol. The molecule has 3 aromatic rings. The van der Waals surface area contributed by atoms with Gasteiger partial charge in [-0.05, 0) is 54.8 Å². The Balaban J connectivity index is 2.15. The molecule has 0 amide bonds. The molecule has 1 N–H and O–H groups in total. The number of rotatable bonds is 3. The van der Waals surface area contributed by atoms with Crippen LogP contribution in [-0.4, -0.2) is 16.1 Å². The van der Waals surface area contributed by atoms with Gasteiger partial charge in [0.25, 0.3) is 0 Å². The number of nitrogens with zero attached hydrogens (tertiary/aromatic N) is 1. The van der Waals surface area contributed by atoms with E-state index in [1.54, 1.807) is 18.3 Å².